The van der Waals surface area contributed by atoms with Crippen LogP contribution in [0.3, 0.4) is 0 Å². The standard InChI is InChI=1S/C14H15N3O2S/c18-12(9-4-2-1-3-5-9)13(19)17-14-16-10-6-7-15-8-11(10)20-14/h1-5,12,15,18H,6-8H2,(H,16,17,19). The number of hydrogen-bond donors (Lipinski definition) is 3. The highest BCUT2D eigenvalue weighted by Gasteiger charge is 2.20. The van der Waals surface area contributed by atoms with Gasteiger partial charge in [0.25, 0.3) is 5.91 Å². The van der Waals surface area contributed by atoms with Crippen molar-refractivity contribution in [2.75, 3.05) is 11.9 Å². The molecule has 1 unspecified atom stereocenters. The summed E-state index contributed by atoms with van der Waals surface area (Å²) in [4.78, 5) is 17.6. The average molecular weight is 289 g/mol. The largest absolute Gasteiger partial charge is 0.378 e. The lowest BCUT2D eigenvalue weighted by molar-refractivity contribution is -0.124. The second kappa shape index (κ2) is 5.70. The first kappa shape index (κ1) is 13.2. The number of aliphatic hydroxyl groups excluding tert-OH is 1. The number of aromatic nitrogens is 1. The van der Waals surface area contributed by atoms with E-state index in [1.807, 2.05) is 6.07 Å². The molecule has 1 aromatic carbocycles. The summed E-state index contributed by atoms with van der Waals surface area (Å²) in [6.07, 6.45) is -0.293. The number of fused-ring (bicyclic) bond motifs is 1. The number of hydrogen-bond acceptors (Lipinski definition) is 5. The number of nitrogens with zero attached hydrogens (tertiary/aromatic N) is 1. The van der Waals surface area contributed by atoms with E-state index >= 15 is 0 Å². The number of carbonyl (C=O) groups is 1. The number of amides is 1. The molecule has 5 nitrogen and oxygen atoms in total. The highest BCUT2D eigenvalue weighted by Crippen LogP contribution is 2.26. The SMILES string of the molecule is O=C(Nc1nc2c(s1)CNCC2)C(O)c1ccccc1. The van der Waals surface area contributed by atoms with Crippen molar-refractivity contribution < 1.29 is 9.90 Å². The zero-order chi connectivity index (χ0) is 13.9. The quantitative estimate of drug-likeness (QED) is 0.800. The molecule has 1 aromatic heterocycles. The third kappa shape index (κ3) is 2.72. The summed E-state index contributed by atoms with van der Waals surface area (Å²) in [6.45, 7) is 1.71. The molecule has 6 heteroatoms. The molecule has 2 heterocycles. The molecule has 0 spiro atoms. The van der Waals surface area contributed by atoms with E-state index in [0.29, 0.717) is 10.7 Å². The Labute approximate surface area is 120 Å². The van der Waals surface area contributed by atoms with Gasteiger partial charge in [-0.3, -0.25) is 10.1 Å². The van der Waals surface area contributed by atoms with E-state index in [0.717, 1.165) is 30.1 Å². The fraction of sp³-hybridized carbons (Fsp3) is 0.286. The van der Waals surface area contributed by atoms with E-state index in [9.17, 15) is 9.90 Å². The minimum atomic E-state index is -1.17. The number of carbonyl (C=O) groups excluding carboxylic acids is 1. The molecule has 1 aliphatic heterocycles. The van der Waals surface area contributed by atoms with E-state index in [2.05, 4.69) is 15.6 Å². The van der Waals surface area contributed by atoms with Crippen molar-refractivity contribution in [1.29, 1.82) is 0 Å². The molecule has 2 aromatic rings. The van der Waals surface area contributed by atoms with Gasteiger partial charge in [-0.15, -0.1) is 11.3 Å². The van der Waals surface area contributed by atoms with Crippen molar-refractivity contribution in [2.45, 2.75) is 19.1 Å². The summed E-state index contributed by atoms with van der Waals surface area (Å²) in [6, 6.07) is 8.87. The highest BCUT2D eigenvalue weighted by molar-refractivity contribution is 7.15. The fourth-order valence-corrected chi connectivity index (χ4v) is 3.12. The van der Waals surface area contributed by atoms with Crippen molar-refractivity contribution in [3.8, 4) is 0 Å². The van der Waals surface area contributed by atoms with Crippen LogP contribution in [0.1, 0.15) is 22.2 Å². The Morgan fingerprint density at radius 2 is 2.20 bits per heavy atom. The van der Waals surface area contributed by atoms with Gasteiger partial charge in [-0.05, 0) is 5.56 Å². The minimum Gasteiger partial charge on any atom is -0.378 e. The Balaban J connectivity index is 1.71. The second-order valence-corrected chi connectivity index (χ2v) is 5.70. The van der Waals surface area contributed by atoms with Crippen molar-refractivity contribution in [3.63, 3.8) is 0 Å². The number of thiazole rings is 1. The van der Waals surface area contributed by atoms with E-state index in [-0.39, 0.29) is 0 Å². The third-order valence-corrected chi connectivity index (χ3v) is 4.21. The summed E-state index contributed by atoms with van der Waals surface area (Å²) in [5, 5.41) is 16.5. The fourth-order valence-electron chi connectivity index (χ4n) is 2.14. The van der Waals surface area contributed by atoms with Gasteiger partial charge in [-0.25, -0.2) is 4.98 Å². The first-order chi connectivity index (χ1) is 9.74. The number of benzene rings is 1. The molecule has 0 fully saturated rings. The zero-order valence-corrected chi connectivity index (χ0v) is 11.6. The maximum atomic E-state index is 12.0. The Morgan fingerprint density at radius 3 is 2.95 bits per heavy atom. The lowest BCUT2D eigenvalue weighted by Gasteiger charge is -2.09. The summed E-state index contributed by atoms with van der Waals surface area (Å²) in [7, 11) is 0. The third-order valence-electron chi connectivity index (χ3n) is 3.20. The van der Waals surface area contributed by atoms with Gasteiger partial charge >= 0.3 is 0 Å². The molecule has 0 saturated carbocycles. The van der Waals surface area contributed by atoms with Crippen LogP contribution in [0, 0.1) is 0 Å². The van der Waals surface area contributed by atoms with Crippen LogP contribution in [0.4, 0.5) is 5.13 Å². The van der Waals surface area contributed by atoms with Gasteiger partial charge in [0.05, 0.1) is 5.69 Å². The van der Waals surface area contributed by atoms with Crippen molar-refractivity contribution in [3.05, 3.63) is 46.5 Å². The van der Waals surface area contributed by atoms with Crippen LogP contribution in [0.5, 0.6) is 0 Å². The van der Waals surface area contributed by atoms with Crippen LogP contribution in [0.25, 0.3) is 0 Å². The molecule has 1 aliphatic rings. The molecule has 0 aliphatic carbocycles. The van der Waals surface area contributed by atoms with Crippen LogP contribution < -0.4 is 10.6 Å². The van der Waals surface area contributed by atoms with Crippen molar-refractivity contribution in [1.82, 2.24) is 10.3 Å². The van der Waals surface area contributed by atoms with E-state index in [1.54, 1.807) is 24.3 Å². The van der Waals surface area contributed by atoms with Crippen LogP contribution >= 0.6 is 11.3 Å². The normalized spacial score (nSPS) is 15.4. The maximum absolute atomic E-state index is 12.0. The van der Waals surface area contributed by atoms with E-state index < -0.39 is 12.0 Å². The zero-order valence-electron chi connectivity index (χ0n) is 10.8. The average Bonchev–Trinajstić information content (AvgIpc) is 2.89. The van der Waals surface area contributed by atoms with Gasteiger partial charge in [0, 0.05) is 24.4 Å². The van der Waals surface area contributed by atoms with Gasteiger partial charge in [0.15, 0.2) is 11.2 Å². The topological polar surface area (TPSA) is 74.2 Å². The van der Waals surface area contributed by atoms with Crippen LogP contribution in [-0.2, 0) is 17.8 Å². The highest BCUT2D eigenvalue weighted by atomic mass is 32.1. The molecule has 104 valence electrons. The summed E-state index contributed by atoms with van der Waals surface area (Å²) in [5.41, 5.74) is 1.62. The smallest absolute Gasteiger partial charge is 0.259 e. The molecule has 20 heavy (non-hydrogen) atoms. The lowest BCUT2D eigenvalue weighted by atomic mass is 10.1. The Hall–Kier alpha value is -1.76. The minimum absolute atomic E-state index is 0.449. The molecule has 0 bridgehead atoms. The van der Waals surface area contributed by atoms with Crippen LogP contribution in [-0.4, -0.2) is 22.5 Å². The number of aliphatic hydroxyl groups is 1. The molecule has 1 atom stereocenters. The summed E-state index contributed by atoms with van der Waals surface area (Å²) >= 11 is 1.46. The van der Waals surface area contributed by atoms with Crippen molar-refractivity contribution in [2.24, 2.45) is 0 Å². The molecule has 3 N–H and O–H groups in total. The van der Waals surface area contributed by atoms with Gasteiger partial charge in [0.1, 0.15) is 0 Å². The van der Waals surface area contributed by atoms with Crippen molar-refractivity contribution >= 4 is 22.4 Å². The van der Waals surface area contributed by atoms with Gasteiger partial charge in [0.2, 0.25) is 0 Å². The van der Waals surface area contributed by atoms with Crippen LogP contribution in [0.2, 0.25) is 0 Å². The molecule has 3 rings (SSSR count). The monoisotopic (exact) mass is 289 g/mol. The molecule has 1 amide bonds. The molecular weight excluding hydrogens is 274 g/mol. The molecule has 0 saturated heterocycles. The number of nitrogens with one attached hydrogen (secondary N) is 2. The lowest BCUT2D eigenvalue weighted by Crippen LogP contribution is -2.22. The van der Waals surface area contributed by atoms with Gasteiger partial charge < -0.3 is 10.4 Å². The summed E-state index contributed by atoms with van der Waals surface area (Å²) < 4.78 is 0. The number of rotatable bonds is 3. The Bertz CT molecular complexity index is 589. The predicted molar refractivity (Wildman–Crippen MR) is 77.6 cm³/mol. The maximum Gasteiger partial charge on any atom is 0.259 e. The number of anilines is 1. The van der Waals surface area contributed by atoms with Gasteiger partial charge in [-0.1, -0.05) is 30.3 Å². The van der Waals surface area contributed by atoms with E-state index in [1.165, 1.54) is 11.3 Å². The van der Waals surface area contributed by atoms with E-state index in [4.69, 9.17) is 0 Å². The molecular formula is C14H15N3O2S. The summed E-state index contributed by atoms with van der Waals surface area (Å²) in [5.74, 6) is -0.449. The van der Waals surface area contributed by atoms with Crippen LogP contribution in [0.15, 0.2) is 30.3 Å². The second-order valence-electron chi connectivity index (χ2n) is 4.62. The Morgan fingerprint density at radius 1 is 1.40 bits per heavy atom. The predicted octanol–water partition coefficient (Wildman–Crippen LogP) is 1.46. The first-order valence-corrected chi connectivity index (χ1v) is 7.29. The van der Waals surface area contributed by atoms with Gasteiger partial charge in [-0.2, -0.15) is 0 Å². The Kier molecular flexibility index (Phi) is 3.77. The molecule has 0 radical (unpaired) electrons. The first-order valence-electron chi connectivity index (χ1n) is 6.47.